The highest BCUT2D eigenvalue weighted by atomic mass is 15.2. The molecule has 1 aliphatic heterocycles. The zero-order valence-electron chi connectivity index (χ0n) is 12.9. The Balaban J connectivity index is 2.14. The molecule has 20 heavy (non-hydrogen) atoms. The van der Waals surface area contributed by atoms with Gasteiger partial charge in [0.15, 0.2) is 0 Å². The predicted molar refractivity (Wildman–Crippen MR) is 83.5 cm³/mol. The Bertz CT molecular complexity index is 395. The average Bonchev–Trinajstić information content (AvgIpc) is 2.68. The summed E-state index contributed by atoms with van der Waals surface area (Å²) >= 11 is 0. The Labute approximate surface area is 123 Å². The zero-order chi connectivity index (χ0) is 14.4. The third kappa shape index (κ3) is 3.57. The van der Waals surface area contributed by atoms with Crippen LogP contribution in [0.1, 0.15) is 31.9 Å². The summed E-state index contributed by atoms with van der Waals surface area (Å²) in [4.78, 5) is 9.43. The molecule has 4 nitrogen and oxygen atoms in total. The molecule has 1 atom stereocenters. The van der Waals surface area contributed by atoms with Gasteiger partial charge in [0.25, 0.3) is 0 Å². The fraction of sp³-hybridized carbons (Fsp3) is 0.688. The molecule has 1 saturated heterocycles. The summed E-state index contributed by atoms with van der Waals surface area (Å²) in [5, 5.41) is 0. The number of hydrogen-bond donors (Lipinski definition) is 1. The lowest BCUT2D eigenvalue weighted by molar-refractivity contribution is 0.0751. The van der Waals surface area contributed by atoms with Gasteiger partial charge in [0.2, 0.25) is 0 Å². The number of nitrogens with two attached hydrogens (primary N) is 1. The molecule has 4 heteroatoms. The summed E-state index contributed by atoms with van der Waals surface area (Å²) < 4.78 is 0. The molecule has 0 radical (unpaired) electrons. The van der Waals surface area contributed by atoms with E-state index in [1.54, 1.807) is 0 Å². The topological polar surface area (TPSA) is 45.4 Å². The maximum absolute atomic E-state index is 6.20. The van der Waals surface area contributed by atoms with Crippen molar-refractivity contribution >= 4 is 0 Å². The SMILES string of the molecule is CCN(Cc1ccccn1)C1(CN)CCCN(C)CC1. The highest BCUT2D eigenvalue weighted by Gasteiger charge is 2.35. The summed E-state index contributed by atoms with van der Waals surface area (Å²) in [5.74, 6) is 0. The van der Waals surface area contributed by atoms with Crippen LogP contribution in [-0.2, 0) is 6.54 Å². The molecule has 1 aromatic heterocycles. The van der Waals surface area contributed by atoms with Crippen LogP contribution in [0.25, 0.3) is 0 Å². The number of aromatic nitrogens is 1. The van der Waals surface area contributed by atoms with E-state index in [2.05, 4.69) is 40.9 Å². The molecule has 0 aliphatic carbocycles. The Morgan fingerprint density at radius 1 is 1.35 bits per heavy atom. The second kappa shape index (κ2) is 7.16. The molecule has 2 N–H and O–H groups in total. The minimum Gasteiger partial charge on any atom is -0.329 e. The van der Waals surface area contributed by atoms with E-state index >= 15 is 0 Å². The molecule has 0 spiro atoms. The number of rotatable bonds is 5. The van der Waals surface area contributed by atoms with E-state index in [1.165, 1.54) is 19.4 Å². The molecule has 0 amide bonds. The monoisotopic (exact) mass is 276 g/mol. The van der Waals surface area contributed by atoms with E-state index < -0.39 is 0 Å². The van der Waals surface area contributed by atoms with Crippen molar-refractivity contribution in [2.45, 2.75) is 38.3 Å². The van der Waals surface area contributed by atoms with Crippen molar-refractivity contribution in [3.8, 4) is 0 Å². The zero-order valence-corrected chi connectivity index (χ0v) is 12.9. The van der Waals surface area contributed by atoms with Gasteiger partial charge in [-0.25, -0.2) is 0 Å². The van der Waals surface area contributed by atoms with E-state index in [0.717, 1.165) is 38.3 Å². The van der Waals surface area contributed by atoms with E-state index in [9.17, 15) is 0 Å². The van der Waals surface area contributed by atoms with Gasteiger partial charge in [0.1, 0.15) is 0 Å². The number of hydrogen-bond acceptors (Lipinski definition) is 4. The fourth-order valence-corrected chi connectivity index (χ4v) is 3.27. The van der Waals surface area contributed by atoms with E-state index in [-0.39, 0.29) is 5.54 Å². The molecule has 0 saturated carbocycles. The van der Waals surface area contributed by atoms with Gasteiger partial charge in [-0.3, -0.25) is 9.88 Å². The second-order valence-electron chi connectivity index (χ2n) is 5.92. The van der Waals surface area contributed by atoms with Crippen molar-refractivity contribution < 1.29 is 0 Å². The van der Waals surface area contributed by atoms with Gasteiger partial charge in [-0.15, -0.1) is 0 Å². The van der Waals surface area contributed by atoms with Crippen molar-refractivity contribution in [3.63, 3.8) is 0 Å². The Kier molecular flexibility index (Phi) is 5.52. The Morgan fingerprint density at radius 2 is 2.20 bits per heavy atom. The number of likely N-dealkylation sites (N-methyl/N-ethyl adjacent to an activating group) is 1. The van der Waals surface area contributed by atoms with Gasteiger partial charge >= 0.3 is 0 Å². The molecule has 2 heterocycles. The predicted octanol–water partition coefficient (Wildman–Crippen LogP) is 1.72. The van der Waals surface area contributed by atoms with Crippen molar-refractivity contribution in [2.75, 3.05) is 33.2 Å². The third-order valence-corrected chi connectivity index (χ3v) is 4.65. The van der Waals surface area contributed by atoms with Crippen LogP contribution in [0.15, 0.2) is 24.4 Å². The number of likely N-dealkylation sites (tertiary alicyclic amines) is 1. The lowest BCUT2D eigenvalue weighted by Gasteiger charge is -2.42. The minimum atomic E-state index is 0.136. The van der Waals surface area contributed by atoms with Crippen molar-refractivity contribution in [1.82, 2.24) is 14.8 Å². The van der Waals surface area contributed by atoms with Crippen LogP contribution in [0.2, 0.25) is 0 Å². The first-order chi connectivity index (χ1) is 9.70. The largest absolute Gasteiger partial charge is 0.329 e. The molecule has 1 aromatic rings. The normalized spacial score (nSPS) is 24.8. The highest BCUT2D eigenvalue weighted by molar-refractivity contribution is 5.05. The van der Waals surface area contributed by atoms with Gasteiger partial charge in [0.05, 0.1) is 5.69 Å². The molecular weight excluding hydrogens is 248 g/mol. The highest BCUT2D eigenvalue weighted by Crippen LogP contribution is 2.29. The summed E-state index contributed by atoms with van der Waals surface area (Å²) in [6.07, 6.45) is 5.45. The first kappa shape index (κ1) is 15.4. The molecule has 0 bridgehead atoms. The Morgan fingerprint density at radius 3 is 2.85 bits per heavy atom. The number of pyridine rings is 1. The number of nitrogens with zero attached hydrogens (tertiary/aromatic N) is 3. The van der Waals surface area contributed by atoms with Crippen molar-refractivity contribution in [2.24, 2.45) is 5.73 Å². The summed E-state index contributed by atoms with van der Waals surface area (Å²) in [6.45, 7) is 7.21. The van der Waals surface area contributed by atoms with E-state index in [1.807, 2.05) is 12.3 Å². The lowest BCUT2D eigenvalue weighted by Crippen LogP contribution is -2.54. The average molecular weight is 276 g/mol. The molecule has 1 aliphatic rings. The van der Waals surface area contributed by atoms with Crippen LogP contribution in [0, 0.1) is 0 Å². The van der Waals surface area contributed by atoms with Crippen LogP contribution in [-0.4, -0.2) is 53.5 Å². The Hall–Kier alpha value is -0.970. The van der Waals surface area contributed by atoms with Crippen LogP contribution in [0.5, 0.6) is 0 Å². The van der Waals surface area contributed by atoms with Crippen LogP contribution in [0.4, 0.5) is 0 Å². The quantitative estimate of drug-likeness (QED) is 0.889. The van der Waals surface area contributed by atoms with Crippen molar-refractivity contribution in [1.29, 1.82) is 0 Å². The molecular formula is C16H28N4. The molecule has 112 valence electrons. The second-order valence-corrected chi connectivity index (χ2v) is 5.92. The minimum absolute atomic E-state index is 0.136. The standard InChI is InChI=1S/C16H28N4/c1-3-20(13-15-7-4-5-10-18-15)16(14-17)8-6-11-19(2)12-9-16/h4-5,7,10H,3,6,8-9,11-14,17H2,1-2H3. The maximum Gasteiger partial charge on any atom is 0.0544 e. The van der Waals surface area contributed by atoms with Gasteiger partial charge < -0.3 is 10.6 Å². The third-order valence-electron chi connectivity index (χ3n) is 4.65. The fourth-order valence-electron chi connectivity index (χ4n) is 3.27. The molecule has 2 rings (SSSR count). The molecule has 0 aromatic carbocycles. The maximum atomic E-state index is 6.20. The van der Waals surface area contributed by atoms with Crippen LogP contribution < -0.4 is 5.73 Å². The van der Waals surface area contributed by atoms with Gasteiger partial charge in [0, 0.05) is 24.8 Å². The van der Waals surface area contributed by atoms with E-state index in [0.29, 0.717) is 0 Å². The molecule has 1 fully saturated rings. The van der Waals surface area contributed by atoms with Crippen LogP contribution in [0.3, 0.4) is 0 Å². The first-order valence-electron chi connectivity index (χ1n) is 7.74. The first-order valence-corrected chi connectivity index (χ1v) is 7.74. The smallest absolute Gasteiger partial charge is 0.0544 e. The molecule has 1 unspecified atom stereocenters. The van der Waals surface area contributed by atoms with Crippen LogP contribution >= 0.6 is 0 Å². The summed E-state index contributed by atoms with van der Waals surface area (Å²) in [6, 6.07) is 6.14. The van der Waals surface area contributed by atoms with Gasteiger partial charge in [-0.2, -0.15) is 0 Å². The van der Waals surface area contributed by atoms with Crippen molar-refractivity contribution in [3.05, 3.63) is 30.1 Å². The summed E-state index contributed by atoms with van der Waals surface area (Å²) in [5.41, 5.74) is 7.48. The summed E-state index contributed by atoms with van der Waals surface area (Å²) in [7, 11) is 2.21. The van der Waals surface area contributed by atoms with Gasteiger partial charge in [-0.1, -0.05) is 13.0 Å². The lowest BCUT2D eigenvalue weighted by atomic mass is 9.88. The van der Waals surface area contributed by atoms with Gasteiger partial charge in [-0.05, 0) is 58.1 Å². The van der Waals surface area contributed by atoms with E-state index in [4.69, 9.17) is 5.73 Å².